The Morgan fingerprint density at radius 3 is 2.77 bits per heavy atom. The molecule has 4 rings (SSSR count). The zero-order chi connectivity index (χ0) is 17.9. The van der Waals surface area contributed by atoms with E-state index in [0.29, 0.717) is 13.1 Å². The van der Waals surface area contributed by atoms with E-state index in [9.17, 15) is 4.79 Å². The average Bonchev–Trinajstić information content (AvgIpc) is 3.12. The zero-order valence-corrected chi connectivity index (χ0v) is 14.8. The van der Waals surface area contributed by atoms with Crippen LogP contribution in [0.1, 0.15) is 6.92 Å². The zero-order valence-electron chi connectivity index (χ0n) is 14.8. The van der Waals surface area contributed by atoms with Crippen molar-refractivity contribution in [2.75, 3.05) is 42.9 Å². The van der Waals surface area contributed by atoms with Gasteiger partial charge in [-0.05, 0) is 37.3 Å². The first-order chi connectivity index (χ1) is 12.8. The molecule has 0 radical (unpaired) electrons. The van der Waals surface area contributed by atoms with E-state index in [1.807, 2.05) is 47.5 Å². The normalized spacial score (nSPS) is 14.3. The number of piperazine rings is 1. The van der Waals surface area contributed by atoms with Gasteiger partial charge in [0.1, 0.15) is 0 Å². The summed E-state index contributed by atoms with van der Waals surface area (Å²) in [6, 6.07) is 14.7. The summed E-state index contributed by atoms with van der Waals surface area (Å²) in [6.07, 6.45) is 4.75. The van der Waals surface area contributed by atoms with Gasteiger partial charge >= 0.3 is 6.03 Å². The molecule has 1 aromatic carbocycles. The van der Waals surface area contributed by atoms with Gasteiger partial charge in [0.05, 0.1) is 16.6 Å². The van der Waals surface area contributed by atoms with Gasteiger partial charge in [-0.3, -0.25) is 0 Å². The molecule has 0 saturated carbocycles. The standard InChI is InChI=1S/C20H21N5O/c1-2-21-17-7-5-10-22-19(17)23-12-14-24(15-13-23)20(26)25-11-9-16-6-3-4-8-18(16)25/h3-8,10,21H,2,12-15H2,1H3. The van der Waals surface area contributed by atoms with Crippen molar-refractivity contribution >= 4 is 28.4 Å². The fourth-order valence-corrected chi connectivity index (χ4v) is 3.33. The highest BCUT2D eigenvalue weighted by molar-refractivity contribution is 5.90. The van der Waals surface area contributed by atoms with E-state index in [1.165, 1.54) is 0 Å². The number of carbonyl (C=O) groups excluding carboxylic acids is 1. The Balaban J connectivity index is 1.48. The maximum atomic E-state index is 12.9. The molecule has 1 amide bonds. The molecule has 1 aliphatic rings. The van der Waals surface area contributed by atoms with E-state index < -0.39 is 0 Å². The van der Waals surface area contributed by atoms with Crippen molar-refractivity contribution < 1.29 is 4.79 Å². The second-order valence-electron chi connectivity index (χ2n) is 6.25. The van der Waals surface area contributed by atoms with Gasteiger partial charge in [-0.25, -0.2) is 14.3 Å². The lowest BCUT2D eigenvalue weighted by molar-refractivity contribution is 0.197. The van der Waals surface area contributed by atoms with Crippen LogP contribution in [0.5, 0.6) is 0 Å². The number of hydrogen-bond acceptors (Lipinski definition) is 4. The van der Waals surface area contributed by atoms with E-state index >= 15 is 0 Å². The summed E-state index contributed by atoms with van der Waals surface area (Å²) in [5.74, 6) is 0.952. The first-order valence-electron chi connectivity index (χ1n) is 8.91. The highest BCUT2D eigenvalue weighted by Gasteiger charge is 2.24. The molecule has 1 fully saturated rings. The first-order valence-corrected chi connectivity index (χ1v) is 8.91. The van der Waals surface area contributed by atoms with E-state index in [2.05, 4.69) is 34.4 Å². The first kappa shape index (κ1) is 16.3. The van der Waals surface area contributed by atoms with Crippen LogP contribution in [0, 0.1) is 12.3 Å². The fraction of sp³-hybridized carbons (Fsp3) is 0.300. The van der Waals surface area contributed by atoms with E-state index in [1.54, 1.807) is 4.57 Å². The molecule has 0 atom stereocenters. The highest BCUT2D eigenvalue weighted by atomic mass is 16.2. The molecule has 1 aliphatic heterocycles. The lowest BCUT2D eigenvalue weighted by Crippen LogP contribution is -2.50. The van der Waals surface area contributed by atoms with Crippen LogP contribution < -0.4 is 10.2 Å². The summed E-state index contributed by atoms with van der Waals surface area (Å²) >= 11 is 0. The maximum absolute atomic E-state index is 12.9. The molecule has 0 spiro atoms. The predicted octanol–water partition coefficient (Wildman–Crippen LogP) is 2.86. The molecule has 0 aliphatic carbocycles. The minimum atomic E-state index is -0.0463. The summed E-state index contributed by atoms with van der Waals surface area (Å²) in [5, 5.41) is 4.26. The molecule has 6 nitrogen and oxygen atoms in total. The lowest BCUT2D eigenvalue weighted by Gasteiger charge is -2.36. The summed E-state index contributed by atoms with van der Waals surface area (Å²) in [7, 11) is 0. The molecule has 132 valence electrons. The topological polar surface area (TPSA) is 53.4 Å². The second kappa shape index (κ2) is 6.96. The van der Waals surface area contributed by atoms with Crippen LogP contribution in [0.4, 0.5) is 16.3 Å². The minimum absolute atomic E-state index is 0.0463. The summed E-state index contributed by atoms with van der Waals surface area (Å²) in [5.41, 5.74) is 1.88. The average molecular weight is 347 g/mol. The predicted molar refractivity (Wildman–Crippen MR) is 103 cm³/mol. The molecule has 2 aromatic heterocycles. The van der Waals surface area contributed by atoms with Crippen LogP contribution in [0.25, 0.3) is 10.9 Å². The fourth-order valence-electron chi connectivity index (χ4n) is 3.33. The van der Waals surface area contributed by atoms with Gasteiger partial charge in [0.25, 0.3) is 0 Å². The molecule has 0 unspecified atom stereocenters. The molecule has 1 N–H and O–H groups in total. The smallest absolute Gasteiger partial charge is 0.336 e. The van der Waals surface area contributed by atoms with Crippen LogP contribution in [-0.2, 0) is 0 Å². The van der Waals surface area contributed by atoms with Crippen molar-refractivity contribution in [2.45, 2.75) is 6.92 Å². The van der Waals surface area contributed by atoms with Crippen molar-refractivity contribution in [1.82, 2.24) is 14.5 Å². The third-order valence-corrected chi connectivity index (χ3v) is 4.64. The van der Waals surface area contributed by atoms with Gasteiger partial charge in [-0.1, -0.05) is 12.1 Å². The Hall–Kier alpha value is -3.20. The Morgan fingerprint density at radius 1 is 1.15 bits per heavy atom. The summed E-state index contributed by atoms with van der Waals surface area (Å²) < 4.78 is 1.57. The highest BCUT2D eigenvalue weighted by Crippen LogP contribution is 2.24. The molecule has 0 bridgehead atoms. The lowest BCUT2D eigenvalue weighted by atomic mass is 10.2. The van der Waals surface area contributed by atoms with Crippen molar-refractivity contribution in [2.24, 2.45) is 0 Å². The number of nitrogens with zero attached hydrogens (tertiary/aromatic N) is 4. The number of anilines is 2. The summed E-state index contributed by atoms with van der Waals surface area (Å²) in [4.78, 5) is 21.5. The minimum Gasteiger partial charge on any atom is -0.382 e. The van der Waals surface area contributed by atoms with E-state index in [-0.39, 0.29) is 6.03 Å². The third-order valence-electron chi connectivity index (χ3n) is 4.64. The molecule has 6 heteroatoms. The van der Waals surface area contributed by atoms with Crippen LogP contribution in [0.15, 0.2) is 42.6 Å². The van der Waals surface area contributed by atoms with Crippen molar-refractivity contribution in [3.63, 3.8) is 0 Å². The van der Waals surface area contributed by atoms with Gasteiger partial charge in [0.2, 0.25) is 0 Å². The molecule has 3 aromatic rings. The largest absolute Gasteiger partial charge is 0.382 e. The number of rotatable bonds is 3. The third kappa shape index (κ3) is 2.93. The Labute approximate surface area is 153 Å². The van der Waals surface area contributed by atoms with Gasteiger partial charge < -0.3 is 15.1 Å². The molecule has 3 heterocycles. The molecular weight excluding hydrogens is 326 g/mol. The monoisotopic (exact) mass is 347 g/mol. The number of nitrogens with one attached hydrogen (secondary N) is 1. The van der Waals surface area contributed by atoms with E-state index in [4.69, 9.17) is 0 Å². The number of para-hydroxylation sites is 1. The number of amides is 1. The number of pyridine rings is 1. The molecular formula is C20H21N5O. The van der Waals surface area contributed by atoms with Crippen molar-refractivity contribution in [3.05, 3.63) is 54.9 Å². The number of fused-ring (bicyclic) bond motifs is 1. The Bertz CT molecular complexity index is 911. The van der Waals surface area contributed by atoms with Crippen LogP contribution in [0.2, 0.25) is 0 Å². The molecule has 26 heavy (non-hydrogen) atoms. The quantitative estimate of drug-likeness (QED) is 0.792. The Morgan fingerprint density at radius 2 is 1.96 bits per heavy atom. The van der Waals surface area contributed by atoms with Gasteiger partial charge in [0.15, 0.2) is 5.82 Å². The van der Waals surface area contributed by atoms with Crippen LogP contribution in [0.3, 0.4) is 0 Å². The number of benzene rings is 1. The second-order valence-corrected chi connectivity index (χ2v) is 6.25. The van der Waals surface area contributed by atoms with Gasteiger partial charge in [-0.2, -0.15) is 0 Å². The molecule has 1 saturated heterocycles. The number of hydrogen-bond donors (Lipinski definition) is 1. The number of carbonyl (C=O) groups is 1. The number of aromatic nitrogens is 2. The van der Waals surface area contributed by atoms with Crippen LogP contribution in [-0.4, -0.2) is 53.2 Å². The van der Waals surface area contributed by atoms with Gasteiger partial charge in [-0.15, -0.1) is 0 Å². The van der Waals surface area contributed by atoms with E-state index in [0.717, 1.165) is 42.0 Å². The maximum Gasteiger partial charge on any atom is 0.336 e. The van der Waals surface area contributed by atoms with Gasteiger partial charge in [0, 0.05) is 45.1 Å². The van der Waals surface area contributed by atoms with Crippen molar-refractivity contribution in [1.29, 1.82) is 0 Å². The van der Waals surface area contributed by atoms with Crippen molar-refractivity contribution in [3.8, 4) is 0 Å². The van der Waals surface area contributed by atoms with Crippen LogP contribution >= 0.6 is 0 Å². The Kier molecular flexibility index (Phi) is 4.36. The SMILES string of the molecule is CCNc1cccnc1N1CCN(C(=O)n2c#cc3ccccc32)CC1. The summed E-state index contributed by atoms with van der Waals surface area (Å²) in [6.45, 7) is 5.74.